The van der Waals surface area contributed by atoms with Crippen LogP contribution in [0.3, 0.4) is 0 Å². The van der Waals surface area contributed by atoms with Gasteiger partial charge >= 0.3 is 5.97 Å². The first-order valence-electron chi connectivity index (χ1n) is 6.84. The summed E-state index contributed by atoms with van der Waals surface area (Å²) in [7, 11) is 0. The fraction of sp³-hybridized carbons (Fsp3) is 0.533. The predicted octanol–water partition coefficient (Wildman–Crippen LogP) is 3.21. The molecule has 1 aliphatic rings. The van der Waals surface area contributed by atoms with E-state index < -0.39 is 23.6 Å². The molecule has 3 atom stereocenters. The van der Waals surface area contributed by atoms with Gasteiger partial charge in [0.05, 0.1) is 5.92 Å². The number of carboxylic acids is 1. The van der Waals surface area contributed by atoms with E-state index in [1.165, 1.54) is 18.2 Å². The number of carboxylic acid groups (broad SMARTS) is 1. The van der Waals surface area contributed by atoms with Gasteiger partial charge in [-0.05, 0) is 45.4 Å². The second-order valence-electron chi connectivity index (χ2n) is 5.46. The fourth-order valence-electron chi connectivity index (χ4n) is 3.07. The lowest BCUT2D eigenvalue weighted by molar-refractivity contribution is -0.144. The van der Waals surface area contributed by atoms with Gasteiger partial charge in [0.1, 0.15) is 11.6 Å². The summed E-state index contributed by atoms with van der Waals surface area (Å²) in [5.41, 5.74) is 0.0631. The zero-order chi connectivity index (χ0) is 14.9. The van der Waals surface area contributed by atoms with Crippen LogP contribution in [0.2, 0.25) is 0 Å². The van der Waals surface area contributed by atoms with Crippen molar-refractivity contribution < 1.29 is 18.7 Å². The summed E-state index contributed by atoms with van der Waals surface area (Å²) in [6, 6.07) is 3.44. The summed E-state index contributed by atoms with van der Waals surface area (Å²) in [5.74, 6) is -2.25. The normalized spacial score (nSPS) is 25.4. The molecule has 1 aromatic carbocycles. The van der Waals surface area contributed by atoms with Crippen LogP contribution in [-0.2, 0) is 4.79 Å². The molecule has 110 valence electrons. The average Bonchev–Trinajstić information content (AvgIpc) is 2.38. The molecular formula is C15H19F2NO2. The Morgan fingerprint density at radius 1 is 1.40 bits per heavy atom. The second-order valence-corrected chi connectivity index (χ2v) is 5.46. The first-order valence-corrected chi connectivity index (χ1v) is 6.84. The van der Waals surface area contributed by atoms with Crippen LogP contribution in [0, 0.1) is 17.6 Å². The van der Waals surface area contributed by atoms with Gasteiger partial charge in [-0.3, -0.25) is 9.69 Å². The van der Waals surface area contributed by atoms with E-state index in [1.54, 1.807) is 6.92 Å². The van der Waals surface area contributed by atoms with E-state index in [0.29, 0.717) is 19.4 Å². The van der Waals surface area contributed by atoms with Gasteiger partial charge in [0, 0.05) is 17.6 Å². The minimum absolute atomic E-state index is 0.0149. The second kappa shape index (κ2) is 5.87. The molecule has 0 saturated carbocycles. The smallest absolute Gasteiger partial charge is 0.306 e. The first kappa shape index (κ1) is 14.9. The van der Waals surface area contributed by atoms with E-state index in [0.717, 1.165) is 0 Å². The van der Waals surface area contributed by atoms with Crippen molar-refractivity contribution in [3.05, 3.63) is 35.4 Å². The van der Waals surface area contributed by atoms with E-state index in [4.69, 9.17) is 5.11 Å². The highest BCUT2D eigenvalue weighted by Gasteiger charge is 2.33. The lowest BCUT2D eigenvalue weighted by Crippen LogP contribution is -2.44. The average molecular weight is 283 g/mol. The molecule has 1 heterocycles. The van der Waals surface area contributed by atoms with Crippen LogP contribution >= 0.6 is 0 Å². The molecule has 1 N–H and O–H groups in total. The number of halogens is 2. The number of aliphatic carboxylic acids is 1. The van der Waals surface area contributed by atoms with E-state index in [9.17, 15) is 13.6 Å². The molecule has 5 heteroatoms. The highest BCUT2D eigenvalue weighted by Crippen LogP contribution is 2.33. The van der Waals surface area contributed by atoms with Crippen molar-refractivity contribution in [2.24, 2.45) is 5.92 Å². The summed E-state index contributed by atoms with van der Waals surface area (Å²) in [6.45, 7) is 4.20. The number of hydrogen-bond donors (Lipinski definition) is 1. The van der Waals surface area contributed by atoms with Crippen LogP contribution in [-0.4, -0.2) is 28.6 Å². The van der Waals surface area contributed by atoms with Crippen LogP contribution < -0.4 is 0 Å². The van der Waals surface area contributed by atoms with E-state index in [2.05, 4.69) is 0 Å². The molecule has 3 nitrogen and oxygen atoms in total. The van der Waals surface area contributed by atoms with Crippen molar-refractivity contribution in [1.82, 2.24) is 4.90 Å². The number of hydrogen-bond acceptors (Lipinski definition) is 2. The topological polar surface area (TPSA) is 40.5 Å². The molecule has 0 aliphatic carbocycles. The Labute approximate surface area is 117 Å². The largest absolute Gasteiger partial charge is 0.481 e. The van der Waals surface area contributed by atoms with Crippen molar-refractivity contribution in [3.63, 3.8) is 0 Å². The third-order valence-electron chi connectivity index (χ3n) is 4.19. The first-order chi connectivity index (χ1) is 9.41. The maximum atomic E-state index is 13.8. The van der Waals surface area contributed by atoms with Gasteiger partial charge in [0.2, 0.25) is 0 Å². The van der Waals surface area contributed by atoms with Gasteiger partial charge in [0.15, 0.2) is 0 Å². The van der Waals surface area contributed by atoms with Gasteiger partial charge < -0.3 is 5.11 Å². The maximum absolute atomic E-state index is 13.8. The number of carbonyl (C=O) groups is 1. The number of piperidine rings is 1. The highest BCUT2D eigenvalue weighted by atomic mass is 19.1. The monoisotopic (exact) mass is 283 g/mol. The van der Waals surface area contributed by atoms with E-state index >= 15 is 0 Å². The lowest BCUT2D eigenvalue weighted by Gasteiger charge is -2.40. The Hall–Kier alpha value is -1.49. The van der Waals surface area contributed by atoms with Crippen LogP contribution in [0.1, 0.15) is 38.3 Å². The molecule has 0 spiro atoms. The Morgan fingerprint density at radius 3 is 2.50 bits per heavy atom. The molecule has 0 bridgehead atoms. The summed E-state index contributed by atoms with van der Waals surface area (Å²) in [5, 5.41) is 9.05. The molecule has 2 rings (SSSR count). The molecule has 1 fully saturated rings. The number of benzene rings is 1. The molecule has 1 saturated heterocycles. The Balaban J connectivity index is 2.18. The van der Waals surface area contributed by atoms with E-state index in [-0.39, 0.29) is 17.5 Å². The standard InChI is InChI=1S/C15H19F2NO2/c1-9-8-11(15(19)20)6-7-18(9)10(2)14-12(16)4-3-5-13(14)17/h3-5,9-11H,6-8H2,1-2H3,(H,19,20). The zero-order valence-corrected chi connectivity index (χ0v) is 11.6. The number of likely N-dealkylation sites (tertiary alicyclic amines) is 1. The van der Waals surface area contributed by atoms with Crippen LogP contribution in [0.5, 0.6) is 0 Å². The molecule has 3 unspecified atom stereocenters. The molecule has 20 heavy (non-hydrogen) atoms. The zero-order valence-electron chi connectivity index (χ0n) is 11.6. The molecule has 1 aromatic rings. The van der Waals surface area contributed by atoms with E-state index in [1.807, 2.05) is 11.8 Å². The minimum Gasteiger partial charge on any atom is -0.481 e. The third-order valence-corrected chi connectivity index (χ3v) is 4.19. The van der Waals surface area contributed by atoms with Crippen LogP contribution in [0.4, 0.5) is 8.78 Å². The van der Waals surface area contributed by atoms with Gasteiger partial charge in [-0.2, -0.15) is 0 Å². The molecular weight excluding hydrogens is 264 g/mol. The van der Waals surface area contributed by atoms with Crippen LogP contribution in [0.15, 0.2) is 18.2 Å². The van der Waals surface area contributed by atoms with Gasteiger partial charge in [-0.1, -0.05) is 6.07 Å². The maximum Gasteiger partial charge on any atom is 0.306 e. The third kappa shape index (κ3) is 2.82. The Kier molecular flexibility index (Phi) is 4.38. The summed E-state index contributed by atoms with van der Waals surface area (Å²) >= 11 is 0. The summed E-state index contributed by atoms with van der Waals surface area (Å²) < 4.78 is 27.7. The Morgan fingerprint density at radius 2 is 2.00 bits per heavy atom. The van der Waals surface area contributed by atoms with Crippen molar-refractivity contribution in [2.45, 2.75) is 38.8 Å². The van der Waals surface area contributed by atoms with Gasteiger partial charge in [-0.25, -0.2) is 8.78 Å². The highest BCUT2D eigenvalue weighted by molar-refractivity contribution is 5.70. The number of nitrogens with zero attached hydrogens (tertiary/aromatic N) is 1. The Bertz CT molecular complexity index is 486. The molecule has 1 aliphatic heterocycles. The summed E-state index contributed by atoms with van der Waals surface area (Å²) in [4.78, 5) is 13.0. The fourth-order valence-corrected chi connectivity index (χ4v) is 3.07. The van der Waals surface area contributed by atoms with Gasteiger partial charge in [0.25, 0.3) is 0 Å². The quantitative estimate of drug-likeness (QED) is 0.926. The molecule has 0 amide bonds. The van der Waals surface area contributed by atoms with Crippen molar-refractivity contribution in [3.8, 4) is 0 Å². The van der Waals surface area contributed by atoms with Crippen molar-refractivity contribution >= 4 is 5.97 Å². The lowest BCUT2D eigenvalue weighted by atomic mass is 9.89. The predicted molar refractivity (Wildman–Crippen MR) is 71.3 cm³/mol. The van der Waals surface area contributed by atoms with Crippen LogP contribution in [0.25, 0.3) is 0 Å². The van der Waals surface area contributed by atoms with Crippen molar-refractivity contribution in [1.29, 1.82) is 0 Å². The summed E-state index contributed by atoms with van der Waals surface area (Å²) in [6.07, 6.45) is 1.02. The number of rotatable bonds is 3. The van der Waals surface area contributed by atoms with Crippen molar-refractivity contribution in [2.75, 3.05) is 6.54 Å². The molecule has 0 radical (unpaired) electrons. The van der Waals surface area contributed by atoms with Gasteiger partial charge in [-0.15, -0.1) is 0 Å². The minimum atomic E-state index is -0.791. The SMILES string of the molecule is CC1CC(C(=O)O)CCN1C(C)c1c(F)cccc1F. The molecule has 0 aromatic heterocycles.